The number of hydrogen-bond acceptors (Lipinski definition) is 3. The van der Waals surface area contributed by atoms with Crippen LogP contribution in [-0.4, -0.2) is 23.0 Å². The molecule has 0 spiro atoms. The van der Waals surface area contributed by atoms with E-state index in [1.165, 1.54) is 25.0 Å². The molecule has 2 fully saturated rings. The van der Waals surface area contributed by atoms with E-state index in [2.05, 4.69) is 34.5 Å². The lowest BCUT2D eigenvalue weighted by molar-refractivity contribution is 0.253. The predicted molar refractivity (Wildman–Crippen MR) is 74.0 cm³/mol. The van der Waals surface area contributed by atoms with Crippen LogP contribution in [0.5, 0.6) is 0 Å². The van der Waals surface area contributed by atoms with Crippen LogP contribution in [0.3, 0.4) is 0 Å². The summed E-state index contributed by atoms with van der Waals surface area (Å²) < 4.78 is 2.16. The van der Waals surface area contributed by atoms with Crippen LogP contribution in [0.25, 0.3) is 4.96 Å². The number of fused-ring (bicyclic) bond motifs is 2. The maximum atomic E-state index is 4.76. The van der Waals surface area contributed by atoms with Gasteiger partial charge in [-0.25, -0.2) is 4.98 Å². The number of rotatable bonds is 4. The van der Waals surface area contributed by atoms with Crippen molar-refractivity contribution in [2.45, 2.75) is 25.7 Å². The second-order valence-corrected chi connectivity index (χ2v) is 7.07. The van der Waals surface area contributed by atoms with E-state index < -0.39 is 0 Å². The van der Waals surface area contributed by atoms with Gasteiger partial charge in [0.1, 0.15) is 0 Å². The van der Waals surface area contributed by atoms with Crippen molar-refractivity contribution in [3.8, 4) is 0 Å². The van der Waals surface area contributed by atoms with Crippen LogP contribution in [0.2, 0.25) is 0 Å². The highest BCUT2D eigenvalue weighted by Gasteiger charge is 2.53. The van der Waals surface area contributed by atoms with Crippen LogP contribution in [0, 0.1) is 17.3 Å². The van der Waals surface area contributed by atoms with Crippen molar-refractivity contribution >= 4 is 16.3 Å². The van der Waals surface area contributed by atoms with Gasteiger partial charge in [-0.2, -0.15) is 0 Å². The van der Waals surface area contributed by atoms with Crippen LogP contribution in [-0.2, 0) is 6.42 Å². The molecular formula is C14H19N3S. The van der Waals surface area contributed by atoms with E-state index in [1.807, 2.05) is 0 Å². The van der Waals surface area contributed by atoms with E-state index in [0.29, 0.717) is 5.41 Å². The standard InChI is InChI=1S/C14H19N3S/c1-15-9-14(5-10-4-11(10)6-14)7-12-8-17-2-3-18-13(17)16-12/h2-3,8,10-11,15H,4-7,9H2,1H3. The van der Waals surface area contributed by atoms with Gasteiger partial charge in [0, 0.05) is 24.3 Å². The van der Waals surface area contributed by atoms with E-state index in [1.54, 1.807) is 11.3 Å². The predicted octanol–water partition coefficient (Wildman–Crippen LogP) is 2.57. The summed E-state index contributed by atoms with van der Waals surface area (Å²) in [6, 6.07) is 0. The van der Waals surface area contributed by atoms with Gasteiger partial charge in [0.05, 0.1) is 5.69 Å². The number of nitrogens with one attached hydrogen (secondary N) is 1. The number of aromatic nitrogens is 2. The fraction of sp³-hybridized carbons (Fsp3) is 0.643. The van der Waals surface area contributed by atoms with Gasteiger partial charge in [-0.15, -0.1) is 11.3 Å². The van der Waals surface area contributed by atoms with Crippen molar-refractivity contribution in [3.63, 3.8) is 0 Å². The van der Waals surface area contributed by atoms with Gasteiger partial charge in [0.25, 0.3) is 0 Å². The highest BCUT2D eigenvalue weighted by Crippen LogP contribution is 2.60. The van der Waals surface area contributed by atoms with Crippen molar-refractivity contribution in [1.82, 2.24) is 14.7 Å². The highest BCUT2D eigenvalue weighted by atomic mass is 32.1. The van der Waals surface area contributed by atoms with Crippen LogP contribution >= 0.6 is 11.3 Å². The van der Waals surface area contributed by atoms with Crippen molar-refractivity contribution in [3.05, 3.63) is 23.5 Å². The Morgan fingerprint density at radius 2 is 2.33 bits per heavy atom. The van der Waals surface area contributed by atoms with Crippen LogP contribution in [0.4, 0.5) is 0 Å². The number of thiazole rings is 1. The first-order valence-corrected chi connectivity index (χ1v) is 7.72. The highest BCUT2D eigenvalue weighted by molar-refractivity contribution is 7.15. The molecule has 3 nitrogen and oxygen atoms in total. The average Bonchev–Trinajstić information content (AvgIpc) is 2.69. The van der Waals surface area contributed by atoms with Gasteiger partial charge in [-0.05, 0) is 50.0 Å². The summed E-state index contributed by atoms with van der Waals surface area (Å²) in [5.74, 6) is 2.06. The largest absolute Gasteiger partial charge is 0.319 e. The third-order valence-electron chi connectivity index (χ3n) is 4.71. The lowest BCUT2D eigenvalue weighted by Crippen LogP contribution is -2.33. The molecule has 2 aliphatic rings. The van der Waals surface area contributed by atoms with E-state index >= 15 is 0 Å². The van der Waals surface area contributed by atoms with Gasteiger partial charge in [-0.3, -0.25) is 4.40 Å². The molecule has 0 radical (unpaired) electrons. The number of hydrogen-bond donors (Lipinski definition) is 1. The average molecular weight is 261 g/mol. The Morgan fingerprint density at radius 1 is 1.50 bits per heavy atom. The molecule has 18 heavy (non-hydrogen) atoms. The van der Waals surface area contributed by atoms with Crippen LogP contribution in [0.1, 0.15) is 25.0 Å². The molecule has 0 bridgehead atoms. The molecule has 2 saturated carbocycles. The minimum Gasteiger partial charge on any atom is -0.319 e. The molecule has 0 aromatic carbocycles. The van der Waals surface area contributed by atoms with E-state index in [-0.39, 0.29) is 0 Å². The Labute approximate surface area is 111 Å². The third-order valence-corrected chi connectivity index (χ3v) is 5.48. The van der Waals surface area contributed by atoms with Gasteiger partial charge >= 0.3 is 0 Å². The second kappa shape index (κ2) is 3.81. The van der Waals surface area contributed by atoms with Gasteiger partial charge in [-0.1, -0.05) is 0 Å². The van der Waals surface area contributed by atoms with Crippen molar-refractivity contribution in [2.24, 2.45) is 17.3 Å². The van der Waals surface area contributed by atoms with E-state index in [9.17, 15) is 0 Å². The summed E-state index contributed by atoms with van der Waals surface area (Å²) in [4.78, 5) is 5.89. The fourth-order valence-electron chi connectivity index (χ4n) is 3.98. The summed E-state index contributed by atoms with van der Waals surface area (Å²) in [7, 11) is 2.08. The minimum atomic E-state index is 0.479. The van der Waals surface area contributed by atoms with Gasteiger partial charge in [0.2, 0.25) is 0 Å². The monoisotopic (exact) mass is 261 g/mol. The third kappa shape index (κ3) is 1.70. The maximum absolute atomic E-state index is 4.76. The van der Waals surface area contributed by atoms with Gasteiger partial charge in [0.15, 0.2) is 4.96 Å². The SMILES string of the molecule is CNCC1(Cc2cn3ccsc3n2)CC2CC2C1. The van der Waals surface area contributed by atoms with Crippen LogP contribution in [0.15, 0.2) is 17.8 Å². The Kier molecular flexibility index (Phi) is 2.33. The van der Waals surface area contributed by atoms with E-state index in [0.717, 1.165) is 29.8 Å². The van der Waals surface area contributed by atoms with Crippen molar-refractivity contribution in [1.29, 1.82) is 0 Å². The molecule has 0 saturated heterocycles. The Morgan fingerprint density at radius 3 is 3.06 bits per heavy atom. The molecule has 2 aromatic rings. The smallest absolute Gasteiger partial charge is 0.193 e. The molecule has 96 valence electrons. The molecule has 0 aliphatic heterocycles. The zero-order chi connectivity index (χ0) is 12.2. The molecule has 2 aliphatic carbocycles. The molecule has 1 N–H and O–H groups in total. The zero-order valence-electron chi connectivity index (χ0n) is 10.7. The summed E-state index contributed by atoms with van der Waals surface area (Å²) in [5.41, 5.74) is 1.75. The van der Waals surface area contributed by atoms with Crippen molar-refractivity contribution in [2.75, 3.05) is 13.6 Å². The zero-order valence-corrected chi connectivity index (χ0v) is 11.5. The second-order valence-electron chi connectivity index (χ2n) is 6.20. The summed E-state index contributed by atoms with van der Waals surface area (Å²) >= 11 is 1.72. The summed E-state index contributed by atoms with van der Waals surface area (Å²) in [5, 5.41) is 5.50. The molecule has 2 heterocycles. The first-order chi connectivity index (χ1) is 8.78. The lowest BCUT2D eigenvalue weighted by Gasteiger charge is -2.30. The van der Waals surface area contributed by atoms with E-state index in [4.69, 9.17) is 4.98 Å². The molecule has 4 heteroatoms. The quantitative estimate of drug-likeness (QED) is 0.916. The maximum Gasteiger partial charge on any atom is 0.193 e. The molecule has 2 aromatic heterocycles. The normalized spacial score (nSPS) is 34.1. The van der Waals surface area contributed by atoms with Gasteiger partial charge < -0.3 is 5.32 Å². The number of nitrogens with zero attached hydrogens (tertiary/aromatic N) is 2. The molecule has 4 rings (SSSR count). The Bertz CT molecular complexity index is 532. The first-order valence-electron chi connectivity index (χ1n) is 6.84. The van der Waals surface area contributed by atoms with Crippen LogP contribution < -0.4 is 5.32 Å². The first kappa shape index (κ1) is 11.0. The molecule has 2 unspecified atom stereocenters. The lowest BCUT2D eigenvalue weighted by atomic mass is 9.79. The molecule has 2 atom stereocenters. The summed E-state index contributed by atoms with van der Waals surface area (Å²) in [6.07, 6.45) is 9.77. The topological polar surface area (TPSA) is 29.3 Å². The van der Waals surface area contributed by atoms with Crippen molar-refractivity contribution < 1.29 is 0 Å². The summed E-state index contributed by atoms with van der Waals surface area (Å²) in [6.45, 7) is 1.14. The Hall–Kier alpha value is -0.870. The number of imidazole rings is 1. The minimum absolute atomic E-state index is 0.479. The Balaban J connectivity index is 1.59. The fourth-order valence-corrected chi connectivity index (χ4v) is 4.70. The molecular weight excluding hydrogens is 242 g/mol. The molecule has 0 amide bonds.